The number of hydrogen-bond donors (Lipinski definition) is 2. The number of ether oxygens (including phenoxy) is 2. The van der Waals surface area contributed by atoms with Crippen LogP contribution in [-0.4, -0.2) is 45.7 Å². The molecule has 160 valence electrons. The van der Waals surface area contributed by atoms with Gasteiger partial charge in [-0.25, -0.2) is 9.59 Å². The summed E-state index contributed by atoms with van der Waals surface area (Å²) in [6.07, 6.45) is 0. The van der Waals surface area contributed by atoms with Crippen molar-refractivity contribution in [1.29, 1.82) is 0 Å². The Bertz CT molecular complexity index is 1090. The zero-order chi connectivity index (χ0) is 22.4. The zero-order valence-corrected chi connectivity index (χ0v) is 17.7. The maximum absolute atomic E-state index is 12.6. The summed E-state index contributed by atoms with van der Waals surface area (Å²) in [4.78, 5) is 37.3. The molecule has 1 unspecified atom stereocenters. The van der Waals surface area contributed by atoms with Crippen LogP contribution in [0.1, 0.15) is 26.3 Å². The molecular formula is C24H25N2O5+. The van der Waals surface area contributed by atoms with Crippen LogP contribution >= 0.6 is 0 Å². The molecule has 0 radical (unpaired) electrons. The first-order valence-corrected chi connectivity index (χ1v) is 9.80. The highest BCUT2D eigenvalue weighted by Crippen LogP contribution is 2.17. The summed E-state index contributed by atoms with van der Waals surface area (Å²) in [5.74, 6) is -1.46. The van der Waals surface area contributed by atoms with E-state index in [2.05, 4.69) is 35.6 Å². The van der Waals surface area contributed by atoms with Gasteiger partial charge in [-0.15, -0.1) is 0 Å². The summed E-state index contributed by atoms with van der Waals surface area (Å²) in [5.41, 5.74) is 1.76. The van der Waals surface area contributed by atoms with Crippen molar-refractivity contribution in [2.75, 3.05) is 33.1 Å². The van der Waals surface area contributed by atoms with Crippen LogP contribution in [0.3, 0.4) is 0 Å². The number of anilines is 1. The third-order valence-corrected chi connectivity index (χ3v) is 4.84. The van der Waals surface area contributed by atoms with E-state index in [1.54, 1.807) is 0 Å². The van der Waals surface area contributed by atoms with Crippen molar-refractivity contribution in [2.24, 2.45) is 0 Å². The minimum atomic E-state index is -0.611. The predicted octanol–water partition coefficient (Wildman–Crippen LogP) is 2.07. The van der Waals surface area contributed by atoms with E-state index in [-0.39, 0.29) is 23.6 Å². The summed E-state index contributed by atoms with van der Waals surface area (Å²) in [6, 6.07) is 18.7. The predicted molar refractivity (Wildman–Crippen MR) is 117 cm³/mol. The third kappa shape index (κ3) is 5.67. The minimum Gasteiger partial charge on any atom is -0.465 e. The lowest BCUT2D eigenvalue weighted by Gasteiger charge is -2.15. The number of quaternary nitrogens is 1. The quantitative estimate of drug-likeness (QED) is 0.571. The number of nitrogens with one attached hydrogen (secondary N) is 2. The van der Waals surface area contributed by atoms with Gasteiger partial charge in [0.15, 0.2) is 6.54 Å². The molecule has 0 aliphatic heterocycles. The summed E-state index contributed by atoms with van der Waals surface area (Å²) < 4.78 is 9.44. The van der Waals surface area contributed by atoms with Gasteiger partial charge in [-0.3, -0.25) is 4.79 Å². The Morgan fingerprint density at radius 1 is 0.839 bits per heavy atom. The molecule has 0 saturated carbocycles. The largest absolute Gasteiger partial charge is 0.465 e. The smallest absolute Gasteiger partial charge is 0.337 e. The van der Waals surface area contributed by atoms with Crippen LogP contribution in [0.15, 0.2) is 60.7 Å². The molecule has 0 aliphatic carbocycles. The van der Waals surface area contributed by atoms with Crippen molar-refractivity contribution in [1.82, 2.24) is 0 Å². The molecule has 0 aliphatic rings. The number of likely N-dealkylation sites (N-methyl/N-ethyl adjacent to an activating group) is 1. The second-order valence-electron chi connectivity index (χ2n) is 7.32. The Labute approximate surface area is 180 Å². The number of benzene rings is 3. The number of rotatable bonds is 7. The molecular weight excluding hydrogens is 396 g/mol. The second kappa shape index (κ2) is 9.86. The molecule has 1 atom stereocenters. The van der Waals surface area contributed by atoms with E-state index >= 15 is 0 Å². The molecule has 0 saturated heterocycles. The van der Waals surface area contributed by atoms with Crippen molar-refractivity contribution in [2.45, 2.75) is 6.54 Å². The van der Waals surface area contributed by atoms with E-state index in [9.17, 15) is 14.4 Å². The SMILES string of the molecule is COC(=O)c1cc(NC(=O)C[NH+](C)Cc2ccc3ccccc3c2)cc(C(=O)OC)c1. The Morgan fingerprint density at radius 3 is 2.06 bits per heavy atom. The van der Waals surface area contributed by atoms with E-state index < -0.39 is 11.9 Å². The molecule has 3 aromatic carbocycles. The number of carbonyl (C=O) groups excluding carboxylic acids is 3. The van der Waals surface area contributed by atoms with Crippen LogP contribution in [-0.2, 0) is 20.8 Å². The monoisotopic (exact) mass is 421 g/mol. The van der Waals surface area contributed by atoms with Gasteiger partial charge in [0, 0.05) is 11.3 Å². The molecule has 7 heteroatoms. The van der Waals surface area contributed by atoms with Crippen molar-refractivity contribution < 1.29 is 28.8 Å². The van der Waals surface area contributed by atoms with E-state index in [0.29, 0.717) is 12.2 Å². The lowest BCUT2D eigenvalue weighted by atomic mass is 10.1. The number of methoxy groups -OCH3 is 2. The summed E-state index contributed by atoms with van der Waals surface area (Å²) >= 11 is 0. The highest BCUT2D eigenvalue weighted by molar-refractivity contribution is 5.99. The van der Waals surface area contributed by atoms with Crippen molar-refractivity contribution in [3.05, 3.63) is 77.4 Å². The fourth-order valence-electron chi connectivity index (χ4n) is 3.41. The molecule has 7 nitrogen and oxygen atoms in total. The normalized spacial score (nSPS) is 11.6. The molecule has 31 heavy (non-hydrogen) atoms. The Hall–Kier alpha value is -3.71. The molecule has 0 fully saturated rings. The number of hydrogen-bond acceptors (Lipinski definition) is 5. The van der Waals surface area contributed by atoms with Crippen molar-refractivity contribution in [3.63, 3.8) is 0 Å². The molecule has 0 bridgehead atoms. The van der Waals surface area contributed by atoms with Crippen LogP contribution in [0, 0.1) is 0 Å². The summed E-state index contributed by atoms with van der Waals surface area (Å²) in [6.45, 7) is 0.886. The second-order valence-corrected chi connectivity index (χ2v) is 7.32. The van der Waals surface area contributed by atoms with Gasteiger partial charge in [0.25, 0.3) is 5.91 Å². The van der Waals surface area contributed by atoms with Gasteiger partial charge >= 0.3 is 11.9 Å². The number of fused-ring (bicyclic) bond motifs is 1. The molecule has 3 rings (SSSR count). The molecule has 3 aromatic rings. The summed E-state index contributed by atoms with van der Waals surface area (Å²) in [5, 5.41) is 5.09. The molecule has 1 amide bonds. The molecule has 0 spiro atoms. The lowest BCUT2D eigenvalue weighted by molar-refractivity contribution is -0.885. The fourth-order valence-corrected chi connectivity index (χ4v) is 3.41. The van der Waals surface area contributed by atoms with Crippen LogP contribution in [0.25, 0.3) is 10.8 Å². The van der Waals surface area contributed by atoms with Crippen LogP contribution in [0.4, 0.5) is 5.69 Å². The first kappa shape index (κ1) is 22.0. The molecule has 0 aromatic heterocycles. The van der Waals surface area contributed by atoms with Crippen molar-refractivity contribution in [3.8, 4) is 0 Å². The van der Waals surface area contributed by atoms with Gasteiger partial charge in [0.1, 0.15) is 6.54 Å². The maximum atomic E-state index is 12.6. The van der Waals surface area contributed by atoms with Gasteiger partial charge in [0.05, 0.1) is 32.4 Å². The summed E-state index contributed by atoms with van der Waals surface area (Å²) in [7, 11) is 4.42. The van der Waals surface area contributed by atoms with Crippen LogP contribution in [0.2, 0.25) is 0 Å². The molecule has 2 N–H and O–H groups in total. The Morgan fingerprint density at radius 2 is 1.45 bits per heavy atom. The maximum Gasteiger partial charge on any atom is 0.337 e. The standard InChI is InChI=1S/C24H24N2O5/c1-26(14-16-8-9-17-6-4-5-7-18(17)10-16)15-22(27)25-21-12-19(23(28)30-2)11-20(13-21)24(29)31-3/h4-13H,14-15H2,1-3H3,(H,25,27)/p+1. The van der Waals surface area contributed by atoms with E-state index in [1.165, 1.54) is 37.8 Å². The van der Waals surface area contributed by atoms with Gasteiger partial charge < -0.3 is 19.7 Å². The minimum absolute atomic E-state index is 0.151. The topological polar surface area (TPSA) is 86.1 Å². The molecule has 0 heterocycles. The van der Waals surface area contributed by atoms with Gasteiger partial charge in [-0.05, 0) is 35.0 Å². The Kier molecular flexibility index (Phi) is 6.99. The average molecular weight is 421 g/mol. The number of amides is 1. The zero-order valence-electron chi connectivity index (χ0n) is 17.7. The number of carbonyl (C=O) groups is 3. The van der Waals surface area contributed by atoms with Gasteiger partial charge in [0.2, 0.25) is 0 Å². The lowest BCUT2D eigenvalue weighted by Crippen LogP contribution is -3.08. The van der Waals surface area contributed by atoms with E-state index in [1.807, 2.05) is 19.2 Å². The fraction of sp³-hybridized carbons (Fsp3) is 0.208. The van der Waals surface area contributed by atoms with Gasteiger partial charge in [-0.2, -0.15) is 0 Å². The highest BCUT2D eigenvalue weighted by Gasteiger charge is 2.16. The van der Waals surface area contributed by atoms with Crippen molar-refractivity contribution >= 4 is 34.3 Å². The van der Waals surface area contributed by atoms with Crippen LogP contribution < -0.4 is 10.2 Å². The highest BCUT2D eigenvalue weighted by atomic mass is 16.5. The Balaban J connectivity index is 1.68. The van der Waals surface area contributed by atoms with Gasteiger partial charge in [-0.1, -0.05) is 36.4 Å². The van der Waals surface area contributed by atoms with Crippen LogP contribution in [0.5, 0.6) is 0 Å². The van der Waals surface area contributed by atoms with E-state index in [0.717, 1.165) is 15.8 Å². The number of esters is 2. The average Bonchev–Trinajstić information content (AvgIpc) is 2.77. The third-order valence-electron chi connectivity index (χ3n) is 4.84. The van der Waals surface area contributed by atoms with E-state index in [4.69, 9.17) is 9.47 Å². The first-order chi connectivity index (χ1) is 14.9. The first-order valence-electron chi connectivity index (χ1n) is 9.80.